The molecule has 0 spiro atoms. The molecule has 1 saturated heterocycles. The normalized spacial score (nSPS) is 17.3. The van der Waals surface area contributed by atoms with Gasteiger partial charge in [-0.2, -0.15) is 4.31 Å². The van der Waals surface area contributed by atoms with Gasteiger partial charge >= 0.3 is 0 Å². The molecule has 0 aliphatic carbocycles. The molecule has 0 atom stereocenters. The fraction of sp³-hybridized carbons (Fsp3) is 0.500. The first-order valence-electron chi connectivity index (χ1n) is 6.97. The first-order valence-corrected chi connectivity index (χ1v) is 8.41. The Balaban J connectivity index is 2.10. The molecule has 0 N–H and O–H groups in total. The lowest BCUT2D eigenvalue weighted by Gasteiger charge is -2.21. The Morgan fingerprint density at radius 2 is 1.86 bits per heavy atom. The van der Waals surface area contributed by atoms with Crippen molar-refractivity contribution in [3.8, 4) is 0 Å². The molecule has 1 aromatic rings. The zero-order valence-corrected chi connectivity index (χ0v) is 13.2. The zero-order valence-electron chi connectivity index (χ0n) is 12.4. The molecular weight excluding hydrogens is 311 g/mol. The van der Waals surface area contributed by atoms with Crippen LogP contribution >= 0.6 is 0 Å². The van der Waals surface area contributed by atoms with Crippen LogP contribution in [0.4, 0.5) is 4.39 Å². The third-order valence-electron chi connectivity index (χ3n) is 3.53. The van der Waals surface area contributed by atoms with Crippen LogP contribution in [0.15, 0.2) is 29.2 Å². The standard InChI is InChI=1S/C14H19FN2O4S/c1-21-11-14(18)16-7-2-8-17(10-9-16)22(19,20)13-5-3-12(15)4-6-13/h3-6H,2,7-11H2,1H3. The molecule has 1 aliphatic heterocycles. The molecule has 22 heavy (non-hydrogen) atoms. The molecule has 1 heterocycles. The van der Waals surface area contributed by atoms with E-state index in [0.717, 1.165) is 12.1 Å². The van der Waals surface area contributed by atoms with Crippen LogP contribution in [-0.4, -0.2) is 63.4 Å². The van der Waals surface area contributed by atoms with Crippen molar-refractivity contribution < 1.29 is 22.3 Å². The fourth-order valence-corrected chi connectivity index (χ4v) is 3.82. The van der Waals surface area contributed by atoms with Crippen LogP contribution in [0.1, 0.15) is 6.42 Å². The molecular formula is C14H19FN2O4S. The zero-order chi connectivity index (χ0) is 16.2. The van der Waals surface area contributed by atoms with Crippen molar-refractivity contribution in [1.29, 1.82) is 0 Å². The van der Waals surface area contributed by atoms with Gasteiger partial charge in [0.25, 0.3) is 0 Å². The number of carbonyl (C=O) groups excluding carboxylic acids is 1. The number of rotatable bonds is 4. The third-order valence-corrected chi connectivity index (χ3v) is 5.44. The Morgan fingerprint density at radius 3 is 2.50 bits per heavy atom. The number of carbonyl (C=O) groups is 1. The van der Waals surface area contributed by atoms with E-state index in [-0.39, 0.29) is 24.0 Å². The summed E-state index contributed by atoms with van der Waals surface area (Å²) >= 11 is 0. The monoisotopic (exact) mass is 330 g/mol. The number of halogens is 1. The van der Waals surface area contributed by atoms with Crippen molar-refractivity contribution in [1.82, 2.24) is 9.21 Å². The summed E-state index contributed by atoms with van der Waals surface area (Å²) in [6, 6.07) is 4.76. The van der Waals surface area contributed by atoms with Gasteiger partial charge in [0, 0.05) is 33.3 Å². The molecule has 0 radical (unpaired) electrons. The Labute approximate surface area is 129 Å². The predicted molar refractivity (Wildman–Crippen MR) is 78.2 cm³/mol. The van der Waals surface area contributed by atoms with Crippen LogP contribution in [0.25, 0.3) is 0 Å². The van der Waals surface area contributed by atoms with Gasteiger partial charge in [-0.15, -0.1) is 0 Å². The van der Waals surface area contributed by atoms with Gasteiger partial charge in [-0.1, -0.05) is 0 Å². The number of sulfonamides is 1. The van der Waals surface area contributed by atoms with Crippen LogP contribution in [0.2, 0.25) is 0 Å². The Morgan fingerprint density at radius 1 is 1.18 bits per heavy atom. The highest BCUT2D eigenvalue weighted by Gasteiger charge is 2.28. The van der Waals surface area contributed by atoms with Crippen LogP contribution in [0.3, 0.4) is 0 Å². The van der Waals surface area contributed by atoms with Crippen molar-refractivity contribution >= 4 is 15.9 Å². The van der Waals surface area contributed by atoms with E-state index in [4.69, 9.17) is 4.74 Å². The third kappa shape index (κ3) is 3.82. The van der Waals surface area contributed by atoms with Gasteiger partial charge in [-0.25, -0.2) is 12.8 Å². The van der Waals surface area contributed by atoms with Crippen LogP contribution in [0.5, 0.6) is 0 Å². The number of hydrogen-bond acceptors (Lipinski definition) is 4. The second-order valence-electron chi connectivity index (χ2n) is 5.03. The maximum atomic E-state index is 12.9. The molecule has 2 rings (SSSR count). The Kier molecular flexibility index (Phi) is 5.49. The second-order valence-corrected chi connectivity index (χ2v) is 6.96. The summed E-state index contributed by atoms with van der Waals surface area (Å²) in [6.07, 6.45) is 0.551. The minimum Gasteiger partial charge on any atom is -0.375 e. The molecule has 1 aliphatic rings. The van der Waals surface area contributed by atoms with Gasteiger partial charge in [-0.3, -0.25) is 4.79 Å². The summed E-state index contributed by atoms with van der Waals surface area (Å²) in [5, 5.41) is 0. The van der Waals surface area contributed by atoms with E-state index in [9.17, 15) is 17.6 Å². The SMILES string of the molecule is COCC(=O)N1CCCN(S(=O)(=O)c2ccc(F)cc2)CC1. The Bertz CT molecular complexity index is 618. The summed E-state index contributed by atoms with van der Waals surface area (Å²) in [4.78, 5) is 13.5. The Hall–Kier alpha value is -1.51. The van der Waals surface area contributed by atoms with Gasteiger partial charge in [0.05, 0.1) is 4.90 Å². The smallest absolute Gasteiger partial charge is 0.248 e. The van der Waals surface area contributed by atoms with Crippen molar-refractivity contribution in [2.75, 3.05) is 39.9 Å². The first kappa shape index (κ1) is 16.9. The molecule has 0 aromatic heterocycles. The van der Waals surface area contributed by atoms with Crippen LogP contribution < -0.4 is 0 Å². The average molecular weight is 330 g/mol. The topological polar surface area (TPSA) is 66.9 Å². The van der Waals surface area contributed by atoms with Crippen molar-refractivity contribution in [3.63, 3.8) is 0 Å². The molecule has 1 amide bonds. The van der Waals surface area contributed by atoms with Gasteiger partial charge in [-0.05, 0) is 30.7 Å². The number of ether oxygens (including phenoxy) is 1. The van der Waals surface area contributed by atoms with Crippen LogP contribution in [0, 0.1) is 5.82 Å². The summed E-state index contributed by atoms with van der Waals surface area (Å²) < 4.78 is 44.1. The van der Waals surface area contributed by atoms with E-state index in [0.29, 0.717) is 26.1 Å². The maximum absolute atomic E-state index is 12.9. The first-order chi connectivity index (χ1) is 10.4. The minimum atomic E-state index is -3.67. The van der Waals surface area contributed by atoms with E-state index in [1.165, 1.54) is 23.5 Å². The number of benzene rings is 1. The van der Waals surface area contributed by atoms with E-state index < -0.39 is 15.8 Å². The van der Waals surface area contributed by atoms with E-state index in [1.54, 1.807) is 4.90 Å². The molecule has 122 valence electrons. The lowest BCUT2D eigenvalue weighted by atomic mass is 10.4. The average Bonchev–Trinajstić information content (AvgIpc) is 2.74. The second kappa shape index (κ2) is 7.17. The summed E-state index contributed by atoms with van der Waals surface area (Å²) in [5.74, 6) is -0.630. The fourth-order valence-electron chi connectivity index (χ4n) is 2.35. The molecule has 1 fully saturated rings. The number of methoxy groups -OCH3 is 1. The van der Waals surface area contributed by atoms with Gasteiger partial charge in [0.2, 0.25) is 15.9 Å². The quantitative estimate of drug-likeness (QED) is 0.815. The predicted octanol–water partition coefficient (Wildman–Crippen LogP) is 0.695. The molecule has 8 heteroatoms. The van der Waals surface area contributed by atoms with Gasteiger partial charge in [0.1, 0.15) is 12.4 Å². The van der Waals surface area contributed by atoms with Crippen molar-refractivity contribution in [3.05, 3.63) is 30.1 Å². The number of nitrogens with zero attached hydrogens (tertiary/aromatic N) is 2. The van der Waals surface area contributed by atoms with E-state index >= 15 is 0 Å². The maximum Gasteiger partial charge on any atom is 0.248 e. The summed E-state index contributed by atoms with van der Waals surface area (Å²) in [5.41, 5.74) is 0. The van der Waals surface area contributed by atoms with Gasteiger partial charge in [0.15, 0.2) is 0 Å². The van der Waals surface area contributed by atoms with E-state index in [1.807, 2.05) is 0 Å². The number of amides is 1. The minimum absolute atomic E-state index is 0.00921. The van der Waals surface area contributed by atoms with Gasteiger partial charge < -0.3 is 9.64 Å². The molecule has 1 aromatic carbocycles. The highest BCUT2D eigenvalue weighted by molar-refractivity contribution is 7.89. The summed E-state index contributed by atoms with van der Waals surface area (Å²) in [6.45, 7) is 1.36. The number of hydrogen-bond donors (Lipinski definition) is 0. The lowest BCUT2D eigenvalue weighted by molar-refractivity contribution is -0.134. The highest BCUT2D eigenvalue weighted by Crippen LogP contribution is 2.18. The largest absolute Gasteiger partial charge is 0.375 e. The van der Waals surface area contributed by atoms with Crippen LogP contribution in [-0.2, 0) is 19.6 Å². The van der Waals surface area contributed by atoms with E-state index in [2.05, 4.69) is 0 Å². The molecule has 0 bridgehead atoms. The highest BCUT2D eigenvalue weighted by atomic mass is 32.2. The molecule has 0 unspecified atom stereocenters. The van der Waals surface area contributed by atoms with Crippen molar-refractivity contribution in [2.24, 2.45) is 0 Å². The molecule has 0 saturated carbocycles. The molecule has 6 nitrogen and oxygen atoms in total. The van der Waals surface area contributed by atoms with Crippen molar-refractivity contribution in [2.45, 2.75) is 11.3 Å². The lowest BCUT2D eigenvalue weighted by Crippen LogP contribution is -2.38. The summed E-state index contributed by atoms with van der Waals surface area (Å²) in [7, 11) is -2.22.